The maximum atomic E-state index is 11.6. The minimum Gasteiger partial charge on any atom is -0.464 e. The predicted molar refractivity (Wildman–Crippen MR) is 93.3 cm³/mol. The summed E-state index contributed by atoms with van der Waals surface area (Å²) in [5, 5.41) is 2.69. The Labute approximate surface area is 151 Å². The number of carbonyl (C=O) groups excluding carboxylic acids is 2. The minimum atomic E-state index is -0.564. The van der Waals surface area contributed by atoms with Gasteiger partial charge >= 0.3 is 12.1 Å². The summed E-state index contributed by atoms with van der Waals surface area (Å²) in [6, 6.07) is 9.05. The molecular weight excluding hydrogens is 338 g/mol. The van der Waals surface area contributed by atoms with Crippen molar-refractivity contribution in [3.63, 3.8) is 0 Å². The molecule has 0 bridgehead atoms. The van der Waals surface area contributed by atoms with Crippen molar-refractivity contribution >= 4 is 12.1 Å². The van der Waals surface area contributed by atoms with E-state index in [2.05, 4.69) is 15.0 Å². The number of nitrogens with two attached hydrogens (primary N) is 1. The number of amides is 1. The van der Waals surface area contributed by atoms with Crippen LogP contribution >= 0.6 is 0 Å². The summed E-state index contributed by atoms with van der Waals surface area (Å²) in [6.07, 6.45) is 2.88. The summed E-state index contributed by atoms with van der Waals surface area (Å²) in [7, 11) is 1.27. The van der Waals surface area contributed by atoms with E-state index in [1.54, 1.807) is 0 Å². The van der Waals surface area contributed by atoms with Crippen LogP contribution < -0.4 is 11.1 Å². The first-order valence-corrected chi connectivity index (χ1v) is 8.34. The number of alkyl carbamates (subject to hydrolysis) is 1. The molecule has 0 aliphatic rings. The largest absolute Gasteiger partial charge is 0.464 e. The van der Waals surface area contributed by atoms with Crippen LogP contribution in [0.2, 0.25) is 0 Å². The highest BCUT2D eigenvalue weighted by molar-refractivity contribution is 5.86. The molecule has 26 heavy (non-hydrogen) atoms. The number of hydrogen-bond donors (Lipinski definition) is 2. The second kappa shape index (κ2) is 10.2. The molecule has 0 saturated carbocycles. The number of benzene rings is 1. The van der Waals surface area contributed by atoms with Crippen molar-refractivity contribution in [2.75, 3.05) is 13.7 Å². The SMILES string of the molecule is COC(=O)c1coc([C@@H](N)CCCCNC(=O)OCc2ccccc2)n1. The van der Waals surface area contributed by atoms with Gasteiger partial charge in [0, 0.05) is 6.54 Å². The fourth-order valence-electron chi connectivity index (χ4n) is 2.23. The summed E-state index contributed by atoms with van der Waals surface area (Å²) < 4.78 is 14.9. The standard InChI is InChI=1S/C18H23N3O5/c1-24-17(22)15-12-25-16(21-15)14(19)9-5-6-10-20-18(23)26-11-13-7-3-2-4-8-13/h2-4,7-8,12,14H,5-6,9-11,19H2,1H3,(H,20,23)/t14-/m0/s1. The van der Waals surface area contributed by atoms with Gasteiger partial charge in [-0.1, -0.05) is 30.3 Å². The van der Waals surface area contributed by atoms with E-state index in [0.717, 1.165) is 18.4 Å². The van der Waals surface area contributed by atoms with Gasteiger partial charge in [-0.15, -0.1) is 0 Å². The van der Waals surface area contributed by atoms with Gasteiger partial charge in [-0.05, 0) is 24.8 Å². The zero-order chi connectivity index (χ0) is 18.8. The second-order valence-electron chi connectivity index (χ2n) is 5.65. The molecule has 8 nitrogen and oxygen atoms in total. The molecule has 0 spiro atoms. The Morgan fingerprint density at radius 3 is 2.77 bits per heavy atom. The van der Waals surface area contributed by atoms with Crippen LogP contribution in [0.1, 0.15) is 47.2 Å². The van der Waals surface area contributed by atoms with Gasteiger partial charge in [-0.2, -0.15) is 0 Å². The third-order valence-corrected chi connectivity index (χ3v) is 3.66. The summed E-state index contributed by atoms with van der Waals surface area (Å²) in [5.74, 6) is -0.272. The Morgan fingerprint density at radius 1 is 1.27 bits per heavy atom. The molecule has 2 rings (SSSR count). The fraction of sp³-hybridized carbons (Fsp3) is 0.389. The van der Waals surface area contributed by atoms with Gasteiger partial charge in [-0.25, -0.2) is 14.6 Å². The van der Waals surface area contributed by atoms with Crippen LogP contribution in [0.4, 0.5) is 4.79 Å². The maximum Gasteiger partial charge on any atom is 0.407 e. The minimum absolute atomic E-state index is 0.0979. The smallest absolute Gasteiger partial charge is 0.407 e. The lowest BCUT2D eigenvalue weighted by molar-refractivity contribution is 0.0594. The number of methoxy groups -OCH3 is 1. The van der Waals surface area contributed by atoms with Crippen molar-refractivity contribution in [3.05, 3.63) is 53.7 Å². The highest BCUT2D eigenvalue weighted by Crippen LogP contribution is 2.16. The van der Waals surface area contributed by atoms with Gasteiger partial charge < -0.3 is 24.9 Å². The fourth-order valence-corrected chi connectivity index (χ4v) is 2.23. The number of nitrogens with zero attached hydrogens (tertiary/aromatic N) is 1. The Morgan fingerprint density at radius 2 is 2.04 bits per heavy atom. The summed E-state index contributed by atoms with van der Waals surface area (Å²) in [4.78, 5) is 26.9. The van der Waals surface area contributed by atoms with Gasteiger partial charge in [0.1, 0.15) is 12.9 Å². The third-order valence-electron chi connectivity index (χ3n) is 3.66. The first-order chi connectivity index (χ1) is 12.6. The number of esters is 1. The van der Waals surface area contributed by atoms with Crippen LogP contribution in [0.25, 0.3) is 0 Å². The maximum absolute atomic E-state index is 11.6. The molecule has 0 saturated heterocycles. The number of ether oxygens (including phenoxy) is 2. The monoisotopic (exact) mass is 361 g/mol. The lowest BCUT2D eigenvalue weighted by atomic mass is 10.1. The Kier molecular flexibility index (Phi) is 7.63. The molecule has 1 aromatic carbocycles. The van der Waals surface area contributed by atoms with Crippen molar-refractivity contribution in [1.29, 1.82) is 0 Å². The molecular formula is C18H23N3O5. The molecule has 3 N–H and O–H groups in total. The van der Waals surface area contributed by atoms with Crippen LogP contribution in [0.3, 0.4) is 0 Å². The van der Waals surface area contributed by atoms with Crippen LogP contribution in [-0.2, 0) is 16.1 Å². The van der Waals surface area contributed by atoms with Crippen LogP contribution in [0.5, 0.6) is 0 Å². The number of nitrogens with one attached hydrogen (secondary N) is 1. The summed E-state index contributed by atoms with van der Waals surface area (Å²) >= 11 is 0. The Balaban J connectivity index is 1.59. The predicted octanol–water partition coefficient (Wildman–Crippen LogP) is 2.56. The van der Waals surface area contributed by atoms with Gasteiger partial charge in [0.15, 0.2) is 5.69 Å². The molecule has 1 aromatic heterocycles. The van der Waals surface area contributed by atoms with Crippen molar-refractivity contribution in [3.8, 4) is 0 Å². The van der Waals surface area contributed by atoms with E-state index in [9.17, 15) is 9.59 Å². The summed E-state index contributed by atoms with van der Waals surface area (Å²) in [5.41, 5.74) is 7.02. The Bertz CT molecular complexity index is 702. The highest BCUT2D eigenvalue weighted by atomic mass is 16.5. The molecule has 0 aliphatic carbocycles. The highest BCUT2D eigenvalue weighted by Gasteiger charge is 2.17. The van der Waals surface area contributed by atoms with Gasteiger partial charge in [0.2, 0.25) is 5.89 Å². The average Bonchev–Trinajstić information content (AvgIpc) is 3.16. The topological polar surface area (TPSA) is 117 Å². The zero-order valence-corrected chi connectivity index (χ0v) is 14.6. The molecule has 140 valence electrons. The van der Waals surface area contributed by atoms with Crippen molar-refractivity contribution in [2.45, 2.75) is 31.9 Å². The molecule has 0 radical (unpaired) electrons. The summed E-state index contributed by atoms with van der Waals surface area (Å²) in [6.45, 7) is 0.726. The van der Waals surface area contributed by atoms with Gasteiger partial charge in [0.25, 0.3) is 0 Å². The first-order valence-electron chi connectivity index (χ1n) is 8.34. The number of unbranched alkanes of at least 4 members (excludes halogenated alkanes) is 1. The van der Waals surface area contributed by atoms with E-state index >= 15 is 0 Å². The second-order valence-corrected chi connectivity index (χ2v) is 5.65. The van der Waals surface area contributed by atoms with E-state index in [4.69, 9.17) is 14.9 Å². The molecule has 0 fully saturated rings. The van der Waals surface area contributed by atoms with E-state index in [0.29, 0.717) is 18.9 Å². The molecule has 1 amide bonds. The lowest BCUT2D eigenvalue weighted by Gasteiger charge is -2.09. The van der Waals surface area contributed by atoms with Gasteiger partial charge in [-0.3, -0.25) is 0 Å². The van der Waals surface area contributed by atoms with E-state index in [1.807, 2.05) is 30.3 Å². The van der Waals surface area contributed by atoms with Gasteiger partial charge in [0.05, 0.1) is 13.2 Å². The molecule has 2 aromatic rings. The number of rotatable bonds is 9. The molecule has 1 heterocycles. The van der Waals surface area contributed by atoms with E-state index < -0.39 is 18.1 Å². The lowest BCUT2D eigenvalue weighted by Crippen LogP contribution is -2.25. The number of aromatic nitrogens is 1. The normalized spacial score (nSPS) is 11.6. The van der Waals surface area contributed by atoms with Crippen molar-refractivity contribution < 1.29 is 23.5 Å². The third kappa shape index (κ3) is 6.21. The van der Waals surface area contributed by atoms with E-state index in [-0.39, 0.29) is 12.3 Å². The quantitative estimate of drug-likeness (QED) is 0.521. The Hall–Kier alpha value is -2.87. The van der Waals surface area contributed by atoms with Crippen molar-refractivity contribution in [2.24, 2.45) is 5.73 Å². The average molecular weight is 361 g/mol. The molecule has 1 atom stereocenters. The molecule has 0 aliphatic heterocycles. The van der Waals surface area contributed by atoms with Crippen LogP contribution in [0, 0.1) is 0 Å². The first kappa shape index (κ1) is 19.5. The number of hydrogen-bond acceptors (Lipinski definition) is 7. The van der Waals surface area contributed by atoms with E-state index in [1.165, 1.54) is 13.4 Å². The molecule has 0 unspecified atom stereocenters. The number of oxazole rings is 1. The number of carbonyl (C=O) groups is 2. The molecule has 8 heteroatoms. The van der Waals surface area contributed by atoms with Crippen LogP contribution in [-0.4, -0.2) is 30.7 Å². The van der Waals surface area contributed by atoms with Crippen molar-refractivity contribution in [1.82, 2.24) is 10.3 Å². The van der Waals surface area contributed by atoms with Crippen LogP contribution in [0.15, 0.2) is 41.0 Å². The zero-order valence-electron chi connectivity index (χ0n) is 14.6.